The van der Waals surface area contributed by atoms with Crippen molar-refractivity contribution in [1.29, 1.82) is 0 Å². The van der Waals surface area contributed by atoms with E-state index in [2.05, 4.69) is 10.4 Å². The maximum atomic E-state index is 12.2. The molecule has 7 nitrogen and oxygen atoms in total. The summed E-state index contributed by atoms with van der Waals surface area (Å²) in [5, 5.41) is 6.91. The number of aromatic nitrogens is 2. The number of carbonyl (C=O) groups excluding carboxylic acids is 2. The molecule has 0 saturated carbocycles. The van der Waals surface area contributed by atoms with Crippen LogP contribution in [0.5, 0.6) is 0 Å². The first-order valence-electron chi connectivity index (χ1n) is 7.26. The van der Waals surface area contributed by atoms with E-state index < -0.39 is 5.91 Å². The van der Waals surface area contributed by atoms with Gasteiger partial charge in [0.2, 0.25) is 5.91 Å². The van der Waals surface area contributed by atoms with Gasteiger partial charge in [-0.1, -0.05) is 6.07 Å². The van der Waals surface area contributed by atoms with E-state index in [1.165, 1.54) is 6.20 Å². The Bertz CT molecular complexity index is 721. The number of rotatable bonds is 6. The minimum atomic E-state index is -0.518. The van der Waals surface area contributed by atoms with Crippen LogP contribution in [0.25, 0.3) is 0 Å². The summed E-state index contributed by atoms with van der Waals surface area (Å²) in [6.45, 7) is 3.33. The van der Waals surface area contributed by atoms with Crippen LogP contribution in [-0.2, 0) is 6.54 Å². The second-order valence-corrected chi connectivity index (χ2v) is 5.64. The van der Waals surface area contributed by atoms with Gasteiger partial charge in [-0.05, 0) is 38.7 Å². The molecule has 7 heteroatoms. The van der Waals surface area contributed by atoms with E-state index in [1.807, 2.05) is 19.0 Å². The third-order valence-electron chi connectivity index (χ3n) is 3.43. The van der Waals surface area contributed by atoms with E-state index >= 15 is 0 Å². The Balaban J connectivity index is 2.07. The predicted molar refractivity (Wildman–Crippen MR) is 88.4 cm³/mol. The monoisotopic (exact) mass is 315 g/mol. The number of benzene rings is 1. The number of nitrogens with two attached hydrogens (primary N) is 1. The van der Waals surface area contributed by atoms with Gasteiger partial charge >= 0.3 is 0 Å². The van der Waals surface area contributed by atoms with Crippen molar-refractivity contribution in [3.8, 4) is 0 Å². The van der Waals surface area contributed by atoms with E-state index in [-0.39, 0.29) is 5.91 Å². The van der Waals surface area contributed by atoms with Crippen molar-refractivity contribution in [1.82, 2.24) is 14.7 Å². The molecule has 2 aromatic rings. The minimum Gasteiger partial charge on any atom is -0.366 e. The highest BCUT2D eigenvalue weighted by molar-refractivity contribution is 6.04. The number of aryl methyl sites for hydroxylation is 1. The van der Waals surface area contributed by atoms with Crippen LogP contribution >= 0.6 is 0 Å². The summed E-state index contributed by atoms with van der Waals surface area (Å²) in [6, 6.07) is 5.05. The third-order valence-corrected chi connectivity index (χ3v) is 3.43. The molecule has 0 atom stereocenters. The molecule has 0 saturated heterocycles. The molecule has 0 bridgehead atoms. The zero-order chi connectivity index (χ0) is 17.0. The molecule has 1 aromatic carbocycles. The zero-order valence-electron chi connectivity index (χ0n) is 13.5. The van der Waals surface area contributed by atoms with Crippen LogP contribution in [0, 0.1) is 6.92 Å². The fourth-order valence-electron chi connectivity index (χ4n) is 2.07. The fraction of sp³-hybridized carbons (Fsp3) is 0.312. The number of primary amides is 1. The molecule has 2 amide bonds. The van der Waals surface area contributed by atoms with Crippen molar-refractivity contribution in [3.63, 3.8) is 0 Å². The number of carbonyl (C=O) groups is 2. The van der Waals surface area contributed by atoms with Gasteiger partial charge in [0.1, 0.15) is 0 Å². The number of nitrogens with one attached hydrogen (secondary N) is 1. The summed E-state index contributed by atoms with van der Waals surface area (Å²) < 4.78 is 1.72. The van der Waals surface area contributed by atoms with Gasteiger partial charge in [-0.15, -0.1) is 0 Å². The first kappa shape index (κ1) is 16.7. The maximum absolute atomic E-state index is 12.2. The smallest absolute Gasteiger partial charge is 0.258 e. The molecule has 0 unspecified atom stereocenters. The normalized spacial score (nSPS) is 10.8. The number of likely N-dealkylation sites (N-methyl/N-ethyl adjacent to an activating group) is 1. The molecule has 1 heterocycles. The van der Waals surface area contributed by atoms with Crippen molar-refractivity contribution >= 4 is 17.5 Å². The number of nitrogens with zero attached hydrogens (tertiary/aromatic N) is 3. The molecule has 0 aliphatic heterocycles. The standard InChI is InChI=1S/C16H21N5O2/c1-11-4-5-13(8-14(11)15(17)22)19-16(23)12-9-18-21(10-12)7-6-20(2)3/h4-5,8-10H,6-7H2,1-3H3,(H2,17,22)(H,19,23). The van der Waals surface area contributed by atoms with Gasteiger partial charge in [0.05, 0.1) is 18.3 Å². The van der Waals surface area contributed by atoms with Crippen molar-refractivity contribution in [2.75, 3.05) is 26.0 Å². The van der Waals surface area contributed by atoms with Crippen molar-refractivity contribution in [2.45, 2.75) is 13.5 Å². The molecule has 0 aliphatic carbocycles. The lowest BCUT2D eigenvalue weighted by Crippen LogP contribution is -2.18. The van der Waals surface area contributed by atoms with Crippen molar-refractivity contribution in [3.05, 3.63) is 47.3 Å². The first-order valence-corrected chi connectivity index (χ1v) is 7.26. The highest BCUT2D eigenvalue weighted by Crippen LogP contribution is 2.16. The van der Waals surface area contributed by atoms with Gasteiger partial charge in [0.15, 0.2) is 0 Å². The number of amides is 2. The van der Waals surface area contributed by atoms with E-state index in [9.17, 15) is 9.59 Å². The lowest BCUT2D eigenvalue weighted by atomic mass is 10.1. The lowest BCUT2D eigenvalue weighted by Gasteiger charge is -2.08. The van der Waals surface area contributed by atoms with E-state index in [1.54, 1.807) is 36.0 Å². The summed E-state index contributed by atoms with van der Waals surface area (Å²) >= 11 is 0. The van der Waals surface area contributed by atoms with Gasteiger partial charge in [0.25, 0.3) is 5.91 Å². The van der Waals surface area contributed by atoms with Crippen LogP contribution in [0.1, 0.15) is 26.3 Å². The average molecular weight is 315 g/mol. The molecule has 0 fully saturated rings. The summed E-state index contributed by atoms with van der Waals surface area (Å²) in [4.78, 5) is 25.6. The second kappa shape index (κ2) is 7.06. The van der Waals surface area contributed by atoms with Crippen LogP contribution in [-0.4, -0.2) is 47.1 Å². The molecule has 23 heavy (non-hydrogen) atoms. The SMILES string of the molecule is Cc1ccc(NC(=O)c2cnn(CCN(C)C)c2)cc1C(N)=O. The molecular formula is C16H21N5O2. The van der Waals surface area contributed by atoms with Crippen LogP contribution < -0.4 is 11.1 Å². The number of anilines is 1. The Morgan fingerprint density at radius 3 is 2.74 bits per heavy atom. The zero-order valence-corrected chi connectivity index (χ0v) is 13.5. The predicted octanol–water partition coefficient (Wildman–Crippen LogP) is 1.10. The number of hydrogen-bond donors (Lipinski definition) is 2. The van der Waals surface area contributed by atoms with Gasteiger partial charge in [-0.25, -0.2) is 0 Å². The highest BCUT2D eigenvalue weighted by Gasteiger charge is 2.11. The third kappa shape index (κ3) is 4.40. The molecule has 0 aliphatic rings. The molecule has 1 aromatic heterocycles. The highest BCUT2D eigenvalue weighted by atomic mass is 16.2. The molecular weight excluding hydrogens is 294 g/mol. The Hall–Kier alpha value is -2.67. The lowest BCUT2D eigenvalue weighted by molar-refractivity contribution is 0.0995. The maximum Gasteiger partial charge on any atom is 0.258 e. The molecule has 2 rings (SSSR count). The van der Waals surface area contributed by atoms with Gasteiger partial charge in [0, 0.05) is 24.0 Å². The summed E-state index contributed by atoms with van der Waals surface area (Å²) in [7, 11) is 3.95. The largest absolute Gasteiger partial charge is 0.366 e. The van der Waals surface area contributed by atoms with E-state index in [0.717, 1.165) is 12.1 Å². The molecule has 0 radical (unpaired) electrons. The van der Waals surface area contributed by atoms with Crippen molar-refractivity contribution in [2.24, 2.45) is 5.73 Å². The number of hydrogen-bond acceptors (Lipinski definition) is 4. The quantitative estimate of drug-likeness (QED) is 0.835. The Morgan fingerprint density at radius 1 is 1.35 bits per heavy atom. The summed E-state index contributed by atoms with van der Waals surface area (Å²) in [5.41, 5.74) is 7.47. The van der Waals surface area contributed by atoms with Crippen LogP contribution in [0.4, 0.5) is 5.69 Å². The minimum absolute atomic E-state index is 0.277. The Labute approximate surface area is 135 Å². The first-order chi connectivity index (χ1) is 10.9. The topological polar surface area (TPSA) is 93.2 Å². The van der Waals surface area contributed by atoms with Crippen LogP contribution in [0.15, 0.2) is 30.6 Å². The van der Waals surface area contributed by atoms with Crippen molar-refractivity contribution < 1.29 is 9.59 Å². The molecule has 122 valence electrons. The van der Waals surface area contributed by atoms with Crippen LogP contribution in [0.3, 0.4) is 0 Å². The van der Waals surface area contributed by atoms with Gasteiger partial charge < -0.3 is 16.0 Å². The van der Waals surface area contributed by atoms with E-state index in [4.69, 9.17) is 5.73 Å². The molecule has 0 spiro atoms. The Kier molecular flexibility index (Phi) is 5.13. The van der Waals surface area contributed by atoms with Crippen LogP contribution in [0.2, 0.25) is 0 Å². The second-order valence-electron chi connectivity index (χ2n) is 5.64. The fourth-order valence-corrected chi connectivity index (χ4v) is 2.07. The van der Waals surface area contributed by atoms with Gasteiger partial charge in [-0.2, -0.15) is 5.10 Å². The van der Waals surface area contributed by atoms with E-state index in [0.29, 0.717) is 23.4 Å². The summed E-state index contributed by atoms with van der Waals surface area (Å²) in [5.74, 6) is -0.796. The van der Waals surface area contributed by atoms with Gasteiger partial charge in [-0.3, -0.25) is 14.3 Å². The molecule has 3 N–H and O–H groups in total. The summed E-state index contributed by atoms with van der Waals surface area (Å²) in [6.07, 6.45) is 3.22. The average Bonchev–Trinajstić information content (AvgIpc) is 2.96. The Morgan fingerprint density at radius 2 is 2.09 bits per heavy atom.